The van der Waals surface area contributed by atoms with Crippen molar-refractivity contribution in [2.24, 2.45) is 0 Å². The molecular weight excluding hydrogens is 258 g/mol. The third-order valence-corrected chi connectivity index (χ3v) is 4.87. The van der Waals surface area contributed by atoms with Gasteiger partial charge in [0.1, 0.15) is 5.56 Å². The van der Waals surface area contributed by atoms with Crippen LogP contribution in [0.2, 0.25) is 0 Å². The molecule has 1 saturated heterocycles. The van der Waals surface area contributed by atoms with Gasteiger partial charge in [0.25, 0.3) is 10.0 Å². The molecule has 8 heteroatoms. The van der Waals surface area contributed by atoms with Gasteiger partial charge < -0.3 is 5.11 Å². The van der Waals surface area contributed by atoms with E-state index in [4.69, 9.17) is 5.11 Å². The summed E-state index contributed by atoms with van der Waals surface area (Å²) in [6.07, 6.45) is 4.63. The fourth-order valence-electron chi connectivity index (χ4n) is 2.03. The topological polar surface area (TPSA) is 103 Å². The van der Waals surface area contributed by atoms with Crippen molar-refractivity contribution in [2.45, 2.75) is 30.7 Å². The molecule has 1 aromatic heterocycles. The molecule has 2 rings (SSSR count). The van der Waals surface area contributed by atoms with Crippen molar-refractivity contribution in [3.8, 4) is 0 Å². The molecule has 0 spiro atoms. The van der Waals surface area contributed by atoms with Gasteiger partial charge in [0, 0.05) is 13.1 Å². The van der Waals surface area contributed by atoms with Crippen LogP contribution >= 0.6 is 0 Å². The van der Waals surface area contributed by atoms with E-state index in [-0.39, 0.29) is 10.6 Å². The number of carbonyl (C=O) groups is 1. The second-order valence-electron chi connectivity index (χ2n) is 4.24. The summed E-state index contributed by atoms with van der Waals surface area (Å²) in [7, 11) is -3.78. The minimum Gasteiger partial charge on any atom is -0.478 e. The number of aromatic amines is 1. The van der Waals surface area contributed by atoms with Crippen molar-refractivity contribution in [3.05, 3.63) is 11.8 Å². The van der Waals surface area contributed by atoms with E-state index in [9.17, 15) is 13.2 Å². The lowest BCUT2D eigenvalue weighted by molar-refractivity contribution is 0.0692. The van der Waals surface area contributed by atoms with E-state index in [0.717, 1.165) is 31.9 Å². The number of carboxylic acid groups (broad SMARTS) is 1. The van der Waals surface area contributed by atoms with Crippen LogP contribution in [0.1, 0.15) is 36.0 Å². The molecule has 0 aromatic carbocycles. The summed E-state index contributed by atoms with van der Waals surface area (Å²) >= 11 is 0. The third kappa shape index (κ3) is 2.39. The SMILES string of the molecule is O=C(O)c1cn[nH]c1S(=O)(=O)N1CCCCCC1. The van der Waals surface area contributed by atoms with E-state index in [0.29, 0.717) is 13.1 Å². The summed E-state index contributed by atoms with van der Waals surface area (Å²) in [5.41, 5.74) is -0.306. The minimum atomic E-state index is -3.78. The van der Waals surface area contributed by atoms with Crippen molar-refractivity contribution in [3.63, 3.8) is 0 Å². The highest BCUT2D eigenvalue weighted by molar-refractivity contribution is 7.89. The number of sulfonamides is 1. The van der Waals surface area contributed by atoms with Crippen LogP contribution in [0.15, 0.2) is 11.2 Å². The molecule has 0 radical (unpaired) electrons. The first-order valence-electron chi connectivity index (χ1n) is 5.80. The van der Waals surface area contributed by atoms with Crippen LogP contribution in [-0.4, -0.2) is 47.1 Å². The number of aromatic carboxylic acids is 1. The normalized spacial score (nSPS) is 18.4. The van der Waals surface area contributed by atoms with Crippen molar-refractivity contribution in [2.75, 3.05) is 13.1 Å². The van der Waals surface area contributed by atoms with Crippen LogP contribution in [0.5, 0.6) is 0 Å². The molecule has 0 amide bonds. The van der Waals surface area contributed by atoms with E-state index in [1.54, 1.807) is 0 Å². The summed E-state index contributed by atoms with van der Waals surface area (Å²) in [6.45, 7) is 0.862. The second-order valence-corrected chi connectivity index (χ2v) is 6.11. The van der Waals surface area contributed by atoms with E-state index in [2.05, 4.69) is 10.2 Å². The first-order chi connectivity index (χ1) is 8.53. The zero-order valence-corrected chi connectivity index (χ0v) is 10.6. The van der Waals surface area contributed by atoms with Gasteiger partial charge in [0.2, 0.25) is 0 Å². The molecule has 0 atom stereocenters. The number of carboxylic acids is 1. The van der Waals surface area contributed by atoms with Crippen LogP contribution in [0, 0.1) is 0 Å². The highest BCUT2D eigenvalue weighted by atomic mass is 32.2. The monoisotopic (exact) mass is 273 g/mol. The maximum absolute atomic E-state index is 12.3. The molecule has 0 saturated carbocycles. The number of rotatable bonds is 3. The third-order valence-electron chi connectivity index (χ3n) is 3.00. The Hall–Kier alpha value is -1.41. The molecule has 100 valence electrons. The Morgan fingerprint density at radius 3 is 2.44 bits per heavy atom. The first-order valence-corrected chi connectivity index (χ1v) is 7.24. The van der Waals surface area contributed by atoms with Crippen LogP contribution in [0.4, 0.5) is 0 Å². The molecule has 0 aliphatic carbocycles. The van der Waals surface area contributed by atoms with Gasteiger partial charge in [-0.25, -0.2) is 13.2 Å². The fourth-order valence-corrected chi connectivity index (χ4v) is 3.62. The van der Waals surface area contributed by atoms with Crippen LogP contribution in [0.3, 0.4) is 0 Å². The lowest BCUT2D eigenvalue weighted by Crippen LogP contribution is -2.33. The lowest BCUT2D eigenvalue weighted by atomic mass is 10.2. The van der Waals surface area contributed by atoms with Crippen molar-refractivity contribution >= 4 is 16.0 Å². The average molecular weight is 273 g/mol. The summed E-state index contributed by atoms with van der Waals surface area (Å²) < 4.78 is 26.0. The summed E-state index contributed by atoms with van der Waals surface area (Å²) in [6, 6.07) is 0. The Morgan fingerprint density at radius 1 is 1.28 bits per heavy atom. The van der Waals surface area contributed by atoms with Gasteiger partial charge in [-0.1, -0.05) is 12.8 Å². The second kappa shape index (κ2) is 5.07. The van der Waals surface area contributed by atoms with E-state index >= 15 is 0 Å². The van der Waals surface area contributed by atoms with Crippen LogP contribution in [0.25, 0.3) is 0 Å². The molecule has 1 aromatic rings. The van der Waals surface area contributed by atoms with Gasteiger partial charge in [-0.05, 0) is 12.8 Å². The van der Waals surface area contributed by atoms with Gasteiger partial charge in [-0.15, -0.1) is 0 Å². The molecule has 1 fully saturated rings. The molecule has 1 aliphatic rings. The number of nitrogens with one attached hydrogen (secondary N) is 1. The van der Waals surface area contributed by atoms with E-state index in [1.165, 1.54) is 4.31 Å². The quantitative estimate of drug-likeness (QED) is 0.842. The summed E-state index contributed by atoms with van der Waals surface area (Å²) in [4.78, 5) is 10.9. The molecule has 2 N–H and O–H groups in total. The van der Waals surface area contributed by atoms with Crippen LogP contribution < -0.4 is 0 Å². The van der Waals surface area contributed by atoms with E-state index < -0.39 is 16.0 Å². The van der Waals surface area contributed by atoms with Gasteiger partial charge in [-0.2, -0.15) is 9.40 Å². The largest absolute Gasteiger partial charge is 0.478 e. The number of hydrogen-bond acceptors (Lipinski definition) is 4. The average Bonchev–Trinajstić information content (AvgIpc) is 2.65. The number of aromatic nitrogens is 2. The predicted molar refractivity (Wildman–Crippen MR) is 62.8 cm³/mol. The Labute approximate surface area is 105 Å². The zero-order chi connectivity index (χ0) is 13.2. The predicted octanol–water partition coefficient (Wildman–Crippen LogP) is 0.673. The molecule has 2 heterocycles. The Bertz CT molecular complexity index is 529. The zero-order valence-electron chi connectivity index (χ0n) is 9.79. The number of hydrogen-bond donors (Lipinski definition) is 2. The van der Waals surface area contributed by atoms with Crippen molar-refractivity contribution in [1.29, 1.82) is 0 Å². The number of nitrogens with zero attached hydrogens (tertiary/aromatic N) is 2. The summed E-state index contributed by atoms with van der Waals surface area (Å²) in [5.74, 6) is -1.29. The first kappa shape index (κ1) is 13.0. The lowest BCUT2D eigenvalue weighted by Gasteiger charge is -2.18. The Morgan fingerprint density at radius 2 is 1.89 bits per heavy atom. The van der Waals surface area contributed by atoms with Gasteiger partial charge in [0.05, 0.1) is 6.20 Å². The Balaban J connectivity index is 2.34. The molecule has 0 unspecified atom stereocenters. The van der Waals surface area contributed by atoms with Gasteiger partial charge in [-0.3, -0.25) is 5.10 Å². The smallest absolute Gasteiger partial charge is 0.340 e. The highest BCUT2D eigenvalue weighted by Crippen LogP contribution is 2.21. The number of H-pyrrole nitrogens is 1. The molecule has 7 nitrogen and oxygen atoms in total. The molecule has 1 aliphatic heterocycles. The van der Waals surface area contributed by atoms with Crippen molar-refractivity contribution in [1.82, 2.24) is 14.5 Å². The van der Waals surface area contributed by atoms with Crippen LogP contribution in [-0.2, 0) is 10.0 Å². The minimum absolute atomic E-state index is 0.306. The molecule has 0 bridgehead atoms. The highest BCUT2D eigenvalue weighted by Gasteiger charge is 2.31. The van der Waals surface area contributed by atoms with Crippen molar-refractivity contribution < 1.29 is 18.3 Å². The van der Waals surface area contributed by atoms with E-state index in [1.807, 2.05) is 0 Å². The molecule has 18 heavy (non-hydrogen) atoms. The molecular formula is C10H15N3O4S. The maximum Gasteiger partial charge on any atom is 0.340 e. The summed E-state index contributed by atoms with van der Waals surface area (Å²) in [5, 5.41) is 14.4. The fraction of sp³-hybridized carbons (Fsp3) is 0.600. The maximum atomic E-state index is 12.3. The standard InChI is InChI=1S/C10H15N3O4S/c14-10(15)8-7-11-12-9(8)18(16,17)13-5-3-1-2-4-6-13/h7H,1-6H2,(H,11,12)(H,14,15). The van der Waals surface area contributed by atoms with Gasteiger partial charge >= 0.3 is 5.97 Å². The van der Waals surface area contributed by atoms with Gasteiger partial charge in [0.15, 0.2) is 5.03 Å². The Kier molecular flexibility index (Phi) is 3.67.